The fourth-order valence-corrected chi connectivity index (χ4v) is 0. The van der Waals surface area contributed by atoms with Crippen molar-refractivity contribution in [1.82, 2.24) is 0 Å². The summed E-state index contributed by atoms with van der Waals surface area (Å²) in [4.78, 5) is 0. The van der Waals surface area contributed by atoms with Crippen LogP contribution in [0.1, 0.15) is 7.43 Å². The van der Waals surface area contributed by atoms with Crippen molar-refractivity contribution >= 4 is 18.9 Å². The van der Waals surface area contributed by atoms with Crippen LogP contribution < -0.4 is 0 Å². The molecule has 0 spiro atoms. The van der Waals surface area contributed by atoms with Gasteiger partial charge in [0.05, 0.1) is 0 Å². The van der Waals surface area contributed by atoms with Crippen LogP contribution in [0.5, 0.6) is 0 Å². The molecule has 0 unspecified atom stereocenters. The van der Waals surface area contributed by atoms with E-state index in [0.717, 1.165) is 0 Å². The molecule has 0 rings (SSSR count). The van der Waals surface area contributed by atoms with Crippen LogP contribution in [0.25, 0.3) is 0 Å². The van der Waals surface area contributed by atoms with E-state index in [9.17, 15) is 0 Å². The zero-order chi connectivity index (χ0) is 0. The van der Waals surface area contributed by atoms with Gasteiger partial charge in [-0.15, -0.1) is 0 Å². The van der Waals surface area contributed by atoms with E-state index in [1.54, 1.807) is 0 Å². The van der Waals surface area contributed by atoms with Crippen molar-refractivity contribution in [1.29, 1.82) is 0 Å². The molecule has 0 aliphatic heterocycles. The van der Waals surface area contributed by atoms with E-state index in [1.807, 2.05) is 0 Å². The van der Waals surface area contributed by atoms with Gasteiger partial charge in [-0.3, -0.25) is 0 Å². The van der Waals surface area contributed by atoms with Crippen LogP contribution >= 0.6 is 0 Å². The second-order valence-corrected chi connectivity index (χ2v) is 0. The van der Waals surface area contributed by atoms with E-state index < -0.39 is 0 Å². The third kappa shape index (κ3) is 43.8. The fourth-order valence-electron chi connectivity index (χ4n) is 0. The van der Waals surface area contributed by atoms with E-state index in [4.69, 9.17) is 0 Å². The summed E-state index contributed by atoms with van der Waals surface area (Å²) in [5, 5.41) is 0. The van der Waals surface area contributed by atoms with Gasteiger partial charge < -0.3 is 11.0 Å². The predicted octanol–water partition coefficient (Wildman–Crippen LogP) is -1.66. The van der Waals surface area contributed by atoms with Crippen LogP contribution in [0.3, 0.4) is 0 Å². The van der Waals surface area contributed by atoms with Gasteiger partial charge in [0.25, 0.3) is 0 Å². The van der Waals surface area contributed by atoms with E-state index >= 15 is 0 Å². The Labute approximate surface area is 54.3 Å². The van der Waals surface area contributed by atoms with Crippen LogP contribution in [0.2, 0.25) is 0 Å². The van der Waals surface area contributed by atoms with Crippen molar-refractivity contribution < 1.29 is 27.7 Å². The van der Waals surface area contributed by atoms with Crippen molar-refractivity contribution in [2.75, 3.05) is 0 Å². The summed E-state index contributed by atoms with van der Waals surface area (Å²) in [7, 11) is 0. The summed E-state index contributed by atoms with van der Waals surface area (Å²) < 4.78 is 0. The van der Waals surface area contributed by atoms with Crippen molar-refractivity contribution in [3.05, 3.63) is 0 Å². The Morgan fingerprint density at radius 1 is 0.800 bits per heavy atom. The van der Waals surface area contributed by atoms with Crippen LogP contribution in [0.15, 0.2) is 0 Å². The molecule has 0 heterocycles. The SMILES string of the molecule is C.O.O.[Co].[LiH]. The zero-order valence-electron chi connectivity index (χ0n) is 1.33. The van der Waals surface area contributed by atoms with E-state index in [2.05, 4.69) is 0 Å². The summed E-state index contributed by atoms with van der Waals surface area (Å²) in [5.74, 6) is 0. The molecule has 0 atom stereocenters. The molecule has 2 nitrogen and oxygen atoms in total. The van der Waals surface area contributed by atoms with Crippen LogP contribution in [0, 0.1) is 0 Å². The molecule has 0 aromatic rings. The molecule has 0 aromatic heterocycles. The molecular formula is CH9CoLiO2. The Morgan fingerprint density at radius 3 is 0.800 bits per heavy atom. The van der Waals surface area contributed by atoms with Gasteiger partial charge in [0.2, 0.25) is 0 Å². The van der Waals surface area contributed by atoms with Crippen LogP contribution in [0.4, 0.5) is 0 Å². The van der Waals surface area contributed by atoms with Crippen LogP contribution in [-0.2, 0) is 16.8 Å². The molecule has 1 radical (unpaired) electrons. The first-order chi connectivity index (χ1) is 0. The summed E-state index contributed by atoms with van der Waals surface area (Å²) >= 11 is 0. The van der Waals surface area contributed by atoms with Gasteiger partial charge in [0.15, 0.2) is 0 Å². The van der Waals surface area contributed by atoms with E-state index in [-0.39, 0.29) is 54.0 Å². The molecule has 0 bridgehead atoms. The Hall–Kier alpha value is 1.02. The maximum atomic E-state index is 0. The Balaban J connectivity index is 0. The van der Waals surface area contributed by atoms with Crippen molar-refractivity contribution in [2.24, 2.45) is 0 Å². The Kier molecular flexibility index (Phi) is 2250. The van der Waals surface area contributed by atoms with Gasteiger partial charge in [0, 0.05) is 16.8 Å². The van der Waals surface area contributed by atoms with Crippen molar-refractivity contribution in [3.63, 3.8) is 0 Å². The summed E-state index contributed by atoms with van der Waals surface area (Å²) in [6.45, 7) is 0. The Bertz CT molecular complexity index is 9.61. The molecule has 0 saturated carbocycles. The average Bonchev–Trinajstić information content (AvgIpc) is 0. The van der Waals surface area contributed by atoms with Gasteiger partial charge in [-0.05, 0) is 0 Å². The number of hydrogen-bond acceptors (Lipinski definition) is 0. The predicted molar refractivity (Wildman–Crippen MR) is 21.1 cm³/mol. The summed E-state index contributed by atoms with van der Waals surface area (Å²) in [5.41, 5.74) is 0. The second-order valence-electron chi connectivity index (χ2n) is 0. The quantitative estimate of drug-likeness (QED) is 0.342. The minimum atomic E-state index is 0. The van der Waals surface area contributed by atoms with Gasteiger partial charge in [0.1, 0.15) is 0 Å². The molecule has 4 N–H and O–H groups in total. The summed E-state index contributed by atoms with van der Waals surface area (Å²) in [6, 6.07) is 0. The normalized spacial score (nSPS) is 0. The van der Waals surface area contributed by atoms with Gasteiger partial charge in [-0.25, -0.2) is 0 Å². The molecule has 5 heavy (non-hydrogen) atoms. The third-order valence-electron chi connectivity index (χ3n) is 0. The van der Waals surface area contributed by atoms with Crippen molar-refractivity contribution in [2.45, 2.75) is 7.43 Å². The molecule has 4 heteroatoms. The molecule has 0 saturated heterocycles. The number of rotatable bonds is 0. The second kappa shape index (κ2) is 77.6. The first-order valence-electron chi connectivity index (χ1n) is 0. The monoisotopic (exact) mass is 119 g/mol. The first kappa shape index (κ1) is 145. The summed E-state index contributed by atoms with van der Waals surface area (Å²) in [6.07, 6.45) is 0. The van der Waals surface area contributed by atoms with Gasteiger partial charge in [-0.1, -0.05) is 7.43 Å². The van der Waals surface area contributed by atoms with E-state index in [0.29, 0.717) is 0 Å². The van der Waals surface area contributed by atoms with Gasteiger partial charge in [-0.2, -0.15) is 0 Å². The van der Waals surface area contributed by atoms with Crippen molar-refractivity contribution in [3.8, 4) is 0 Å². The maximum absolute atomic E-state index is 0. The molecular weight excluding hydrogens is 110 g/mol. The average molecular weight is 119 g/mol. The third-order valence-corrected chi connectivity index (χ3v) is 0. The van der Waals surface area contributed by atoms with Gasteiger partial charge >= 0.3 is 18.9 Å². The van der Waals surface area contributed by atoms with E-state index in [1.165, 1.54) is 0 Å². The van der Waals surface area contributed by atoms with Crippen LogP contribution in [-0.4, -0.2) is 29.8 Å². The molecule has 0 aromatic carbocycles. The zero-order valence-corrected chi connectivity index (χ0v) is 2.37. The molecule has 0 aliphatic carbocycles. The first-order valence-corrected chi connectivity index (χ1v) is 0. The molecule has 35 valence electrons. The molecule has 0 aliphatic rings. The fraction of sp³-hybridized carbons (Fsp3) is 1.00. The Morgan fingerprint density at radius 2 is 0.800 bits per heavy atom. The topological polar surface area (TPSA) is 63.0 Å². The standard InChI is InChI=1S/CH4.Co.Li.2H2O.H/h1H4;;;2*1H2;. The minimum absolute atomic E-state index is 0. The molecule has 0 fully saturated rings. The molecule has 0 amide bonds. The number of hydrogen-bond donors (Lipinski definition) is 0.